The van der Waals surface area contributed by atoms with E-state index in [0.717, 1.165) is 12.8 Å². The Labute approximate surface area is 103 Å². The molecular formula is C9H16ClF3N2O2. The lowest BCUT2D eigenvalue weighted by Gasteiger charge is -2.23. The van der Waals surface area contributed by atoms with Gasteiger partial charge in [-0.05, 0) is 19.4 Å². The van der Waals surface area contributed by atoms with Crippen LogP contribution in [0.25, 0.3) is 0 Å². The maximum atomic E-state index is 11.9. The molecule has 1 aliphatic heterocycles. The number of halogens is 4. The van der Waals surface area contributed by atoms with Crippen LogP contribution in [0.5, 0.6) is 0 Å². The summed E-state index contributed by atoms with van der Waals surface area (Å²) in [6.07, 6.45) is -4.72. The lowest BCUT2D eigenvalue weighted by Crippen LogP contribution is -2.50. The van der Waals surface area contributed by atoms with Gasteiger partial charge in [-0.2, -0.15) is 13.2 Å². The van der Waals surface area contributed by atoms with Crippen LogP contribution < -0.4 is 10.6 Å². The molecule has 1 rings (SSSR count). The van der Waals surface area contributed by atoms with Crippen molar-refractivity contribution >= 4 is 18.3 Å². The Balaban J connectivity index is 0.00000256. The van der Waals surface area contributed by atoms with E-state index in [1.54, 1.807) is 0 Å². The fourth-order valence-corrected chi connectivity index (χ4v) is 1.51. The SMILES string of the molecule is Cl.O=C(NCC(O)C(F)(F)F)[C@H]1CCCCN1. The number of piperidine rings is 1. The Kier molecular flexibility index (Phi) is 6.81. The van der Waals surface area contributed by atoms with E-state index in [1.807, 2.05) is 0 Å². The number of carbonyl (C=O) groups is 1. The fraction of sp³-hybridized carbons (Fsp3) is 0.889. The first-order chi connectivity index (χ1) is 7.41. The molecule has 0 bridgehead atoms. The van der Waals surface area contributed by atoms with E-state index >= 15 is 0 Å². The molecular weight excluding hydrogens is 261 g/mol. The van der Waals surface area contributed by atoms with Crippen molar-refractivity contribution in [1.29, 1.82) is 0 Å². The standard InChI is InChI=1S/C9H15F3N2O2.ClH/c10-9(11,12)7(15)5-14-8(16)6-3-1-2-4-13-6;/h6-7,13,15H,1-5H2,(H,14,16);1H/t6-,7?;/m1./s1. The van der Waals surface area contributed by atoms with Crippen LogP contribution in [0.15, 0.2) is 0 Å². The number of rotatable bonds is 3. The molecule has 0 aromatic heterocycles. The predicted molar refractivity (Wildman–Crippen MR) is 58.0 cm³/mol. The molecule has 0 radical (unpaired) electrons. The molecule has 0 saturated carbocycles. The Bertz CT molecular complexity index is 245. The zero-order chi connectivity index (χ0) is 12.2. The van der Waals surface area contributed by atoms with Crippen LogP contribution >= 0.6 is 12.4 Å². The Morgan fingerprint density at radius 1 is 1.47 bits per heavy atom. The topological polar surface area (TPSA) is 61.4 Å². The summed E-state index contributed by atoms with van der Waals surface area (Å²) in [7, 11) is 0. The number of hydrogen-bond acceptors (Lipinski definition) is 3. The lowest BCUT2D eigenvalue weighted by atomic mass is 10.0. The minimum absolute atomic E-state index is 0. The Morgan fingerprint density at radius 2 is 2.12 bits per heavy atom. The van der Waals surface area contributed by atoms with Crippen molar-refractivity contribution in [3.05, 3.63) is 0 Å². The van der Waals surface area contributed by atoms with Gasteiger partial charge in [0.15, 0.2) is 6.10 Å². The molecule has 0 spiro atoms. The van der Waals surface area contributed by atoms with E-state index in [0.29, 0.717) is 13.0 Å². The highest BCUT2D eigenvalue weighted by Crippen LogP contribution is 2.19. The van der Waals surface area contributed by atoms with Gasteiger partial charge in [0, 0.05) is 0 Å². The molecule has 1 amide bonds. The molecule has 0 aromatic carbocycles. The maximum Gasteiger partial charge on any atom is 0.416 e. The second-order valence-electron chi connectivity index (χ2n) is 3.81. The third kappa shape index (κ3) is 5.56. The number of hydrogen-bond donors (Lipinski definition) is 3. The largest absolute Gasteiger partial charge is 0.416 e. The molecule has 1 unspecified atom stereocenters. The number of amides is 1. The third-order valence-corrected chi connectivity index (χ3v) is 2.47. The van der Waals surface area contributed by atoms with Crippen LogP contribution in [-0.4, -0.2) is 42.4 Å². The molecule has 1 aliphatic rings. The van der Waals surface area contributed by atoms with E-state index in [1.165, 1.54) is 0 Å². The monoisotopic (exact) mass is 276 g/mol. The molecule has 2 atom stereocenters. The second kappa shape index (κ2) is 7.03. The smallest absolute Gasteiger partial charge is 0.382 e. The average molecular weight is 277 g/mol. The van der Waals surface area contributed by atoms with E-state index < -0.39 is 30.8 Å². The van der Waals surface area contributed by atoms with Crippen LogP contribution in [0, 0.1) is 0 Å². The van der Waals surface area contributed by atoms with E-state index in [2.05, 4.69) is 10.6 Å². The first-order valence-corrected chi connectivity index (χ1v) is 5.17. The van der Waals surface area contributed by atoms with Gasteiger partial charge < -0.3 is 15.7 Å². The van der Waals surface area contributed by atoms with E-state index in [4.69, 9.17) is 5.11 Å². The third-order valence-electron chi connectivity index (χ3n) is 2.47. The highest BCUT2D eigenvalue weighted by molar-refractivity contribution is 5.85. The van der Waals surface area contributed by atoms with Gasteiger partial charge >= 0.3 is 6.18 Å². The average Bonchev–Trinajstić information content (AvgIpc) is 2.25. The second-order valence-corrected chi connectivity index (χ2v) is 3.81. The molecule has 8 heteroatoms. The molecule has 17 heavy (non-hydrogen) atoms. The van der Waals surface area contributed by atoms with Crippen molar-refractivity contribution in [2.75, 3.05) is 13.1 Å². The van der Waals surface area contributed by atoms with E-state index in [9.17, 15) is 18.0 Å². The zero-order valence-corrected chi connectivity index (χ0v) is 9.90. The van der Waals surface area contributed by atoms with Crippen LogP contribution in [0.3, 0.4) is 0 Å². The van der Waals surface area contributed by atoms with Gasteiger partial charge in [-0.1, -0.05) is 6.42 Å². The van der Waals surface area contributed by atoms with E-state index in [-0.39, 0.29) is 12.4 Å². The van der Waals surface area contributed by atoms with Crippen LogP contribution in [0.1, 0.15) is 19.3 Å². The van der Waals surface area contributed by atoms with Gasteiger partial charge in [0.05, 0.1) is 12.6 Å². The number of alkyl halides is 3. The van der Waals surface area contributed by atoms with Gasteiger partial charge in [-0.15, -0.1) is 12.4 Å². The summed E-state index contributed by atoms with van der Waals surface area (Å²) in [4.78, 5) is 11.4. The summed E-state index contributed by atoms with van der Waals surface area (Å²) < 4.78 is 35.8. The molecule has 0 aromatic rings. The summed E-state index contributed by atoms with van der Waals surface area (Å²) in [6.45, 7) is -0.0968. The van der Waals surface area contributed by atoms with Gasteiger partial charge in [0.2, 0.25) is 5.91 Å². The predicted octanol–water partition coefficient (Wildman–Crippen LogP) is 0.590. The molecule has 0 aliphatic carbocycles. The van der Waals surface area contributed by atoms with Crippen molar-refractivity contribution in [3.63, 3.8) is 0 Å². The molecule has 1 heterocycles. The van der Waals surface area contributed by atoms with Crippen LogP contribution in [0.4, 0.5) is 13.2 Å². The highest BCUT2D eigenvalue weighted by Gasteiger charge is 2.38. The number of aliphatic hydroxyl groups excluding tert-OH is 1. The Morgan fingerprint density at radius 3 is 2.59 bits per heavy atom. The molecule has 102 valence electrons. The number of carbonyl (C=O) groups excluding carboxylic acids is 1. The first kappa shape index (κ1) is 16.5. The first-order valence-electron chi connectivity index (χ1n) is 5.17. The Hall–Kier alpha value is -0.530. The van der Waals surface area contributed by atoms with Crippen LogP contribution in [-0.2, 0) is 4.79 Å². The molecule has 4 nitrogen and oxygen atoms in total. The summed E-state index contributed by atoms with van der Waals surface area (Å²) in [6, 6.07) is -0.436. The fourth-order valence-electron chi connectivity index (χ4n) is 1.51. The van der Waals surface area contributed by atoms with Gasteiger partial charge in [0.25, 0.3) is 0 Å². The van der Waals surface area contributed by atoms with Crippen molar-refractivity contribution in [1.82, 2.24) is 10.6 Å². The van der Waals surface area contributed by atoms with Crippen molar-refractivity contribution < 1.29 is 23.1 Å². The van der Waals surface area contributed by atoms with Crippen LogP contribution in [0.2, 0.25) is 0 Å². The van der Waals surface area contributed by atoms with Gasteiger partial charge in [-0.3, -0.25) is 4.79 Å². The lowest BCUT2D eigenvalue weighted by molar-refractivity contribution is -0.201. The molecule has 3 N–H and O–H groups in total. The normalized spacial score (nSPS) is 22.5. The summed E-state index contributed by atoms with van der Waals surface area (Å²) in [5.74, 6) is -0.483. The number of nitrogens with one attached hydrogen (secondary N) is 2. The summed E-state index contributed by atoms with van der Waals surface area (Å²) in [5, 5.41) is 13.7. The molecule has 1 fully saturated rings. The van der Waals surface area contributed by atoms with Crippen molar-refractivity contribution in [2.24, 2.45) is 0 Å². The maximum absolute atomic E-state index is 11.9. The highest BCUT2D eigenvalue weighted by atomic mass is 35.5. The van der Waals surface area contributed by atoms with Crippen molar-refractivity contribution in [3.8, 4) is 0 Å². The quantitative estimate of drug-likeness (QED) is 0.707. The number of aliphatic hydroxyl groups is 1. The van der Waals surface area contributed by atoms with Gasteiger partial charge in [0.1, 0.15) is 0 Å². The molecule has 1 saturated heterocycles. The van der Waals surface area contributed by atoms with Gasteiger partial charge in [-0.25, -0.2) is 0 Å². The zero-order valence-electron chi connectivity index (χ0n) is 9.09. The summed E-state index contributed by atoms with van der Waals surface area (Å²) >= 11 is 0. The minimum atomic E-state index is -4.69. The minimum Gasteiger partial charge on any atom is -0.382 e. The van der Waals surface area contributed by atoms with Crippen molar-refractivity contribution in [2.45, 2.75) is 37.6 Å². The summed E-state index contributed by atoms with van der Waals surface area (Å²) in [5.41, 5.74) is 0.